The summed E-state index contributed by atoms with van der Waals surface area (Å²) in [6, 6.07) is 8.91. The smallest absolute Gasteiger partial charge is 0.252 e. The van der Waals surface area contributed by atoms with Crippen molar-refractivity contribution < 1.29 is 12.8 Å². The van der Waals surface area contributed by atoms with E-state index in [0.717, 1.165) is 29.7 Å². The molecular weight excluding hydrogens is 394 g/mol. The zero-order chi connectivity index (χ0) is 19.7. The lowest BCUT2D eigenvalue weighted by Crippen LogP contribution is -2.35. The fourth-order valence-corrected chi connectivity index (χ4v) is 6.24. The van der Waals surface area contributed by atoms with Crippen molar-refractivity contribution >= 4 is 44.5 Å². The molecule has 0 N–H and O–H groups in total. The first kappa shape index (κ1) is 19.1. The van der Waals surface area contributed by atoms with E-state index < -0.39 is 10.0 Å². The molecule has 1 aromatic carbocycles. The summed E-state index contributed by atoms with van der Waals surface area (Å²) in [5.74, 6) is 0. The van der Waals surface area contributed by atoms with Crippen LogP contribution >= 0.6 is 11.3 Å². The van der Waals surface area contributed by atoms with Crippen LogP contribution in [0, 0.1) is 6.92 Å². The number of sulfonamides is 1. The average molecular weight is 416 g/mol. The Bertz CT molecular complexity index is 1200. The van der Waals surface area contributed by atoms with Gasteiger partial charge in [0.15, 0.2) is 5.43 Å². The molecule has 0 aliphatic carbocycles. The van der Waals surface area contributed by atoms with Gasteiger partial charge < -0.3 is 4.42 Å². The third-order valence-electron chi connectivity index (χ3n) is 4.89. The summed E-state index contributed by atoms with van der Waals surface area (Å²) in [7, 11) is -3.43. The first-order valence-corrected chi connectivity index (χ1v) is 11.5. The van der Waals surface area contributed by atoms with E-state index in [1.165, 1.54) is 17.6 Å². The molecule has 0 bridgehead atoms. The van der Waals surface area contributed by atoms with Crippen molar-refractivity contribution in [3.63, 3.8) is 0 Å². The Morgan fingerprint density at radius 2 is 1.86 bits per heavy atom. The number of thiophene rings is 1. The number of piperidine rings is 1. The molecule has 0 atom stereocenters. The van der Waals surface area contributed by atoms with Crippen LogP contribution in [0.4, 0.5) is 0 Å². The van der Waals surface area contributed by atoms with Crippen LogP contribution in [0.25, 0.3) is 23.1 Å². The maximum atomic E-state index is 12.8. The van der Waals surface area contributed by atoms with Crippen molar-refractivity contribution in [2.75, 3.05) is 13.1 Å². The van der Waals surface area contributed by atoms with E-state index in [0.29, 0.717) is 33.8 Å². The quantitative estimate of drug-likeness (QED) is 0.629. The first-order valence-electron chi connectivity index (χ1n) is 9.25. The summed E-state index contributed by atoms with van der Waals surface area (Å²) >= 11 is 1.22. The fraction of sp³-hybridized carbons (Fsp3) is 0.286. The molecule has 0 unspecified atom stereocenters. The number of hydrogen-bond donors (Lipinski definition) is 0. The summed E-state index contributed by atoms with van der Waals surface area (Å²) in [5.41, 5.74) is 1.89. The summed E-state index contributed by atoms with van der Waals surface area (Å²) in [5, 5.41) is 0.543. The molecule has 2 aromatic heterocycles. The van der Waals surface area contributed by atoms with Crippen LogP contribution in [-0.2, 0) is 10.0 Å². The molecular formula is C21H21NO4S2. The van der Waals surface area contributed by atoms with Crippen molar-refractivity contribution in [1.82, 2.24) is 4.31 Å². The van der Waals surface area contributed by atoms with E-state index >= 15 is 0 Å². The predicted molar refractivity (Wildman–Crippen MR) is 113 cm³/mol. The van der Waals surface area contributed by atoms with Crippen molar-refractivity contribution in [3.05, 3.63) is 62.8 Å². The second-order valence-electron chi connectivity index (χ2n) is 6.97. The Morgan fingerprint density at radius 3 is 2.64 bits per heavy atom. The number of aryl methyl sites for hydroxylation is 1. The molecule has 1 aliphatic rings. The predicted octanol–water partition coefficient (Wildman–Crippen LogP) is 4.51. The lowest BCUT2D eigenvalue weighted by molar-refractivity contribution is 0.347. The van der Waals surface area contributed by atoms with Gasteiger partial charge in [0.1, 0.15) is 16.1 Å². The van der Waals surface area contributed by atoms with Gasteiger partial charge in [-0.05, 0) is 56.2 Å². The van der Waals surface area contributed by atoms with E-state index in [1.807, 2.05) is 19.1 Å². The van der Waals surface area contributed by atoms with E-state index in [2.05, 4.69) is 0 Å². The fourth-order valence-electron chi connectivity index (χ4n) is 3.34. The molecule has 1 fully saturated rings. The maximum Gasteiger partial charge on any atom is 0.252 e. The lowest BCUT2D eigenvalue weighted by atomic mass is 10.1. The van der Waals surface area contributed by atoms with Crippen LogP contribution in [0.3, 0.4) is 0 Å². The Labute approximate surface area is 168 Å². The molecule has 1 saturated heterocycles. The third-order valence-corrected chi connectivity index (χ3v) is 8.31. The van der Waals surface area contributed by atoms with E-state index in [1.54, 1.807) is 34.7 Å². The Kier molecular flexibility index (Phi) is 5.23. The van der Waals surface area contributed by atoms with Crippen molar-refractivity contribution in [1.29, 1.82) is 0 Å². The number of fused-ring (bicyclic) bond motifs is 1. The van der Waals surface area contributed by atoms with Gasteiger partial charge in [0.05, 0.1) is 10.9 Å². The van der Waals surface area contributed by atoms with Gasteiger partial charge in [-0.2, -0.15) is 4.31 Å². The molecule has 4 rings (SSSR count). The van der Waals surface area contributed by atoms with Gasteiger partial charge in [0, 0.05) is 18.0 Å². The SMILES string of the molecule is Cc1ccc2occ(/C=C/c3ccc(S(=O)(=O)N4CCCCC4)s3)c(=O)c2c1. The Hall–Kier alpha value is -2.22. The molecule has 3 aromatic rings. The Morgan fingerprint density at radius 1 is 1.07 bits per heavy atom. The monoisotopic (exact) mass is 415 g/mol. The highest BCUT2D eigenvalue weighted by Crippen LogP contribution is 2.28. The third kappa shape index (κ3) is 3.70. The van der Waals surface area contributed by atoms with Gasteiger partial charge in [-0.25, -0.2) is 8.42 Å². The zero-order valence-corrected chi connectivity index (χ0v) is 17.2. The highest BCUT2D eigenvalue weighted by atomic mass is 32.2. The van der Waals surface area contributed by atoms with E-state index in [4.69, 9.17) is 4.42 Å². The normalized spacial score (nSPS) is 16.2. The number of benzene rings is 1. The van der Waals surface area contributed by atoms with Gasteiger partial charge in [-0.1, -0.05) is 18.1 Å². The molecule has 146 valence electrons. The molecule has 0 amide bonds. The molecule has 0 saturated carbocycles. The molecule has 3 heterocycles. The summed E-state index contributed by atoms with van der Waals surface area (Å²) in [6.45, 7) is 3.10. The van der Waals surface area contributed by atoms with Crippen molar-refractivity contribution in [2.45, 2.75) is 30.4 Å². The van der Waals surface area contributed by atoms with Crippen LogP contribution in [0.2, 0.25) is 0 Å². The number of rotatable bonds is 4. The molecule has 1 aliphatic heterocycles. The molecule has 0 spiro atoms. The lowest BCUT2D eigenvalue weighted by Gasteiger charge is -2.25. The van der Waals surface area contributed by atoms with Gasteiger partial charge in [-0.3, -0.25) is 4.79 Å². The van der Waals surface area contributed by atoms with Crippen molar-refractivity contribution in [2.24, 2.45) is 0 Å². The zero-order valence-electron chi connectivity index (χ0n) is 15.6. The second kappa shape index (κ2) is 7.66. The highest BCUT2D eigenvalue weighted by Gasteiger charge is 2.27. The minimum Gasteiger partial charge on any atom is -0.463 e. The van der Waals surface area contributed by atoms with Crippen molar-refractivity contribution in [3.8, 4) is 0 Å². The van der Waals surface area contributed by atoms with Crippen LogP contribution in [0.15, 0.2) is 50.0 Å². The maximum absolute atomic E-state index is 12.8. The molecule has 28 heavy (non-hydrogen) atoms. The first-order chi connectivity index (χ1) is 13.4. The summed E-state index contributed by atoms with van der Waals surface area (Å²) < 4.78 is 33.0. The van der Waals surface area contributed by atoms with Crippen LogP contribution < -0.4 is 5.43 Å². The summed E-state index contributed by atoms with van der Waals surface area (Å²) in [4.78, 5) is 13.4. The van der Waals surface area contributed by atoms with Crippen LogP contribution in [0.1, 0.15) is 35.3 Å². The largest absolute Gasteiger partial charge is 0.463 e. The topological polar surface area (TPSA) is 67.6 Å². The van der Waals surface area contributed by atoms with E-state index in [9.17, 15) is 13.2 Å². The molecule has 0 radical (unpaired) electrons. The van der Waals surface area contributed by atoms with Gasteiger partial charge in [0.2, 0.25) is 0 Å². The second-order valence-corrected chi connectivity index (χ2v) is 10.3. The number of nitrogens with zero attached hydrogens (tertiary/aromatic N) is 1. The van der Waals surface area contributed by atoms with Crippen LogP contribution in [0.5, 0.6) is 0 Å². The summed E-state index contributed by atoms with van der Waals surface area (Å²) in [6.07, 6.45) is 7.78. The van der Waals surface area contributed by atoms with Gasteiger partial charge in [0.25, 0.3) is 10.0 Å². The minimum atomic E-state index is -3.43. The van der Waals surface area contributed by atoms with Crippen LogP contribution in [-0.4, -0.2) is 25.8 Å². The highest BCUT2D eigenvalue weighted by molar-refractivity contribution is 7.91. The standard InChI is InChI=1S/C21H21NO4S2/c1-15-5-9-19-18(13-15)21(23)16(14-26-19)6-7-17-8-10-20(27-17)28(24,25)22-11-3-2-4-12-22/h5-10,13-14H,2-4,11-12H2,1H3/b7-6+. The number of hydrogen-bond acceptors (Lipinski definition) is 5. The van der Waals surface area contributed by atoms with Gasteiger partial charge >= 0.3 is 0 Å². The van der Waals surface area contributed by atoms with E-state index in [-0.39, 0.29) is 5.43 Å². The molecule has 7 heteroatoms. The molecule has 5 nitrogen and oxygen atoms in total. The minimum absolute atomic E-state index is 0.0982. The average Bonchev–Trinajstić information content (AvgIpc) is 3.18. The Balaban J connectivity index is 1.60. The van der Waals surface area contributed by atoms with Gasteiger partial charge in [-0.15, -0.1) is 11.3 Å².